The molecule has 0 amide bonds. The van der Waals surface area contributed by atoms with Gasteiger partial charge in [-0.05, 0) is 19.3 Å². The van der Waals surface area contributed by atoms with Crippen LogP contribution in [0.4, 0.5) is 13.2 Å². The second kappa shape index (κ2) is 8.63. The van der Waals surface area contributed by atoms with Gasteiger partial charge in [-0.1, -0.05) is 26.2 Å². The number of alkyl halides is 3. The third-order valence-corrected chi connectivity index (χ3v) is 2.55. The van der Waals surface area contributed by atoms with Gasteiger partial charge in [-0.25, -0.2) is 0 Å². The summed E-state index contributed by atoms with van der Waals surface area (Å²) in [4.78, 5) is 12.7. The molecule has 0 aliphatic rings. The first-order valence-corrected chi connectivity index (χ1v) is 6.36. The summed E-state index contributed by atoms with van der Waals surface area (Å²) < 4.78 is 36.9. The van der Waals surface area contributed by atoms with Crippen LogP contribution in [0.2, 0.25) is 0 Å². The van der Waals surface area contributed by atoms with Crippen molar-refractivity contribution in [3.63, 3.8) is 0 Å². The van der Waals surface area contributed by atoms with Gasteiger partial charge in [-0.15, -0.1) is 6.42 Å². The topological polar surface area (TPSA) is 20.3 Å². The number of nitrogens with zero attached hydrogens (tertiary/aromatic N) is 1. The van der Waals surface area contributed by atoms with Gasteiger partial charge in [-0.3, -0.25) is 4.79 Å². The molecule has 0 aromatic carbocycles. The highest BCUT2D eigenvalue weighted by atomic mass is 19.4. The van der Waals surface area contributed by atoms with Crippen molar-refractivity contribution in [3.05, 3.63) is 11.8 Å². The van der Waals surface area contributed by atoms with Gasteiger partial charge in [-0.2, -0.15) is 13.2 Å². The standard InChI is InChI=1S/C14H20F3NO/c1-4-7-8-12(11-13(19)14(15,16)17)18(9-5-2)10-6-3/h2,11H,4,6-10H2,1,3H3/b12-11+. The molecular weight excluding hydrogens is 255 g/mol. The average molecular weight is 275 g/mol. The van der Waals surface area contributed by atoms with Crippen LogP contribution in [0.1, 0.15) is 39.5 Å². The van der Waals surface area contributed by atoms with Gasteiger partial charge >= 0.3 is 6.18 Å². The number of carbonyl (C=O) groups excluding carboxylic acids is 1. The van der Waals surface area contributed by atoms with Gasteiger partial charge in [0.1, 0.15) is 0 Å². The van der Waals surface area contributed by atoms with E-state index in [0.717, 1.165) is 19.3 Å². The number of halogens is 3. The summed E-state index contributed by atoms with van der Waals surface area (Å²) in [6.07, 6.45) is 3.82. The second-order valence-electron chi connectivity index (χ2n) is 4.23. The number of allylic oxidation sites excluding steroid dienone is 2. The lowest BCUT2D eigenvalue weighted by molar-refractivity contribution is -0.165. The van der Waals surface area contributed by atoms with Crippen molar-refractivity contribution in [2.24, 2.45) is 0 Å². The SMILES string of the molecule is C#CCN(CCC)/C(=C/C(=O)C(F)(F)F)CCCC. The highest BCUT2D eigenvalue weighted by Gasteiger charge is 2.37. The zero-order valence-electron chi connectivity index (χ0n) is 11.4. The summed E-state index contributed by atoms with van der Waals surface area (Å²) >= 11 is 0. The maximum Gasteiger partial charge on any atom is 0.454 e. The Balaban J connectivity index is 5.10. The second-order valence-corrected chi connectivity index (χ2v) is 4.23. The summed E-state index contributed by atoms with van der Waals surface area (Å²) in [6, 6.07) is 0. The summed E-state index contributed by atoms with van der Waals surface area (Å²) in [7, 11) is 0. The summed E-state index contributed by atoms with van der Waals surface area (Å²) in [5.41, 5.74) is 0.379. The first-order chi connectivity index (χ1) is 8.86. The van der Waals surface area contributed by atoms with Crippen LogP contribution in [0.5, 0.6) is 0 Å². The number of ketones is 1. The zero-order chi connectivity index (χ0) is 14.9. The molecule has 0 aromatic heterocycles. The van der Waals surface area contributed by atoms with E-state index in [1.807, 2.05) is 13.8 Å². The summed E-state index contributed by atoms with van der Waals surface area (Å²) in [6.45, 7) is 4.61. The van der Waals surface area contributed by atoms with Gasteiger partial charge < -0.3 is 4.90 Å². The Morgan fingerprint density at radius 3 is 2.37 bits per heavy atom. The molecule has 5 heteroatoms. The van der Waals surface area contributed by atoms with Gasteiger partial charge in [0.2, 0.25) is 0 Å². The minimum absolute atomic E-state index is 0.217. The van der Waals surface area contributed by atoms with E-state index in [0.29, 0.717) is 24.7 Å². The van der Waals surface area contributed by atoms with E-state index in [2.05, 4.69) is 5.92 Å². The Morgan fingerprint density at radius 1 is 1.32 bits per heavy atom. The van der Waals surface area contributed by atoms with Crippen molar-refractivity contribution < 1.29 is 18.0 Å². The first kappa shape index (κ1) is 17.6. The molecule has 0 rings (SSSR count). The molecule has 0 saturated heterocycles. The van der Waals surface area contributed by atoms with E-state index in [9.17, 15) is 18.0 Å². The molecular formula is C14H20F3NO. The third-order valence-electron chi connectivity index (χ3n) is 2.55. The van der Waals surface area contributed by atoms with Crippen LogP contribution in [0, 0.1) is 12.3 Å². The lowest BCUT2D eigenvalue weighted by Crippen LogP contribution is -2.28. The number of carbonyl (C=O) groups is 1. The fourth-order valence-electron chi connectivity index (χ4n) is 1.62. The monoisotopic (exact) mass is 275 g/mol. The van der Waals surface area contributed by atoms with E-state index in [1.165, 1.54) is 0 Å². The fraction of sp³-hybridized carbons (Fsp3) is 0.643. The number of hydrogen-bond acceptors (Lipinski definition) is 2. The average Bonchev–Trinajstić information content (AvgIpc) is 2.32. The van der Waals surface area contributed by atoms with E-state index >= 15 is 0 Å². The highest BCUT2D eigenvalue weighted by molar-refractivity contribution is 5.94. The van der Waals surface area contributed by atoms with Crippen LogP contribution in [0.3, 0.4) is 0 Å². The normalized spacial score (nSPS) is 12.1. The molecule has 0 N–H and O–H groups in total. The van der Waals surface area contributed by atoms with Crippen molar-refractivity contribution in [1.29, 1.82) is 0 Å². The summed E-state index contributed by atoms with van der Waals surface area (Å²) in [5.74, 6) is 0.592. The van der Waals surface area contributed by atoms with E-state index < -0.39 is 12.0 Å². The van der Waals surface area contributed by atoms with Crippen molar-refractivity contribution in [3.8, 4) is 12.3 Å². The Bertz CT molecular complexity index is 353. The fourth-order valence-corrected chi connectivity index (χ4v) is 1.62. The Morgan fingerprint density at radius 2 is 1.95 bits per heavy atom. The van der Waals surface area contributed by atoms with Gasteiger partial charge in [0, 0.05) is 18.3 Å². The van der Waals surface area contributed by atoms with E-state index in [4.69, 9.17) is 6.42 Å². The molecule has 0 atom stereocenters. The van der Waals surface area contributed by atoms with E-state index in [1.54, 1.807) is 4.90 Å². The molecule has 0 heterocycles. The zero-order valence-corrected chi connectivity index (χ0v) is 11.4. The van der Waals surface area contributed by atoms with Crippen LogP contribution >= 0.6 is 0 Å². The number of hydrogen-bond donors (Lipinski definition) is 0. The molecule has 0 saturated carbocycles. The molecule has 0 unspecified atom stereocenters. The van der Waals surface area contributed by atoms with Crippen LogP contribution < -0.4 is 0 Å². The molecule has 0 spiro atoms. The van der Waals surface area contributed by atoms with Gasteiger partial charge in [0.05, 0.1) is 6.54 Å². The van der Waals surface area contributed by atoms with Crippen LogP contribution in [-0.4, -0.2) is 29.9 Å². The quantitative estimate of drug-likeness (QED) is 0.499. The number of unbranched alkanes of at least 4 members (excludes halogenated alkanes) is 1. The summed E-state index contributed by atoms with van der Waals surface area (Å²) in [5, 5.41) is 0. The van der Waals surface area contributed by atoms with Crippen molar-refractivity contribution in [1.82, 2.24) is 4.90 Å². The van der Waals surface area contributed by atoms with Crippen molar-refractivity contribution in [2.45, 2.75) is 45.7 Å². The largest absolute Gasteiger partial charge is 0.454 e. The maximum atomic E-state index is 12.3. The van der Waals surface area contributed by atoms with Crippen LogP contribution in [0.25, 0.3) is 0 Å². The van der Waals surface area contributed by atoms with Crippen molar-refractivity contribution in [2.75, 3.05) is 13.1 Å². The van der Waals surface area contributed by atoms with Crippen LogP contribution in [-0.2, 0) is 4.79 Å². The molecule has 0 aliphatic heterocycles. The number of terminal acetylenes is 1. The predicted octanol–water partition coefficient (Wildman–Crippen LogP) is 3.54. The molecule has 19 heavy (non-hydrogen) atoms. The predicted molar refractivity (Wildman–Crippen MR) is 69.4 cm³/mol. The molecule has 0 radical (unpaired) electrons. The van der Waals surface area contributed by atoms with E-state index in [-0.39, 0.29) is 6.54 Å². The van der Waals surface area contributed by atoms with Gasteiger partial charge in [0.15, 0.2) is 0 Å². The van der Waals surface area contributed by atoms with Gasteiger partial charge in [0.25, 0.3) is 5.78 Å². The first-order valence-electron chi connectivity index (χ1n) is 6.36. The molecule has 0 fully saturated rings. The Hall–Kier alpha value is -1.44. The maximum absolute atomic E-state index is 12.3. The molecule has 0 aromatic rings. The Kier molecular flexibility index (Phi) is 7.97. The lowest BCUT2D eigenvalue weighted by atomic mass is 10.1. The smallest absolute Gasteiger partial charge is 0.364 e. The number of rotatable bonds is 8. The van der Waals surface area contributed by atoms with Crippen molar-refractivity contribution >= 4 is 5.78 Å². The minimum atomic E-state index is -4.83. The molecule has 0 aliphatic carbocycles. The van der Waals surface area contributed by atoms with Crippen LogP contribution in [0.15, 0.2) is 11.8 Å². The molecule has 0 bridgehead atoms. The third kappa shape index (κ3) is 6.90. The highest BCUT2D eigenvalue weighted by Crippen LogP contribution is 2.20. The molecule has 2 nitrogen and oxygen atoms in total. The molecule has 108 valence electrons. The lowest BCUT2D eigenvalue weighted by Gasteiger charge is -2.25. The minimum Gasteiger partial charge on any atom is -0.364 e. The Labute approximate surface area is 112 Å².